The van der Waals surface area contributed by atoms with E-state index in [0.29, 0.717) is 17.1 Å². The van der Waals surface area contributed by atoms with Crippen molar-refractivity contribution in [2.24, 2.45) is 0 Å². The van der Waals surface area contributed by atoms with Crippen LogP contribution in [0.4, 0.5) is 0 Å². The summed E-state index contributed by atoms with van der Waals surface area (Å²) in [6, 6.07) is 17.1. The molecule has 2 aromatic heterocycles. The van der Waals surface area contributed by atoms with Crippen molar-refractivity contribution in [3.63, 3.8) is 0 Å². The van der Waals surface area contributed by atoms with Crippen LogP contribution in [0.15, 0.2) is 59.0 Å². The number of carbonyl (C=O) groups is 1. The summed E-state index contributed by atoms with van der Waals surface area (Å²) in [4.78, 5) is 17.1. The molecule has 0 amide bonds. The predicted octanol–water partition coefficient (Wildman–Crippen LogP) is 4.26. The molecule has 0 spiro atoms. The Kier molecular flexibility index (Phi) is 4.38. The first kappa shape index (κ1) is 16.9. The largest absolute Gasteiger partial charge is 0.452 e. The number of esters is 1. The molecule has 0 aliphatic rings. The van der Waals surface area contributed by atoms with E-state index in [2.05, 4.69) is 15.2 Å². The van der Waals surface area contributed by atoms with E-state index >= 15 is 0 Å². The fraction of sp³-hybridized carbons (Fsp3) is 0.143. The number of pyridine rings is 1. The Labute approximate surface area is 155 Å². The van der Waals surface area contributed by atoms with Crippen LogP contribution >= 0.6 is 0 Å². The van der Waals surface area contributed by atoms with Crippen molar-refractivity contribution in [2.75, 3.05) is 0 Å². The monoisotopic (exact) mass is 359 g/mol. The van der Waals surface area contributed by atoms with Gasteiger partial charge in [0.1, 0.15) is 0 Å². The topological polar surface area (TPSA) is 78.1 Å². The van der Waals surface area contributed by atoms with Crippen LogP contribution in [0.25, 0.3) is 22.4 Å². The molecule has 4 aromatic rings. The Morgan fingerprint density at radius 2 is 1.74 bits per heavy atom. The maximum atomic E-state index is 12.6. The maximum Gasteiger partial charge on any atom is 0.340 e. The van der Waals surface area contributed by atoms with Gasteiger partial charge in [0, 0.05) is 10.9 Å². The molecule has 27 heavy (non-hydrogen) atoms. The van der Waals surface area contributed by atoms with E-state index in [1.54, 1.807) is 6.92 Å². The highest BCUT2D eigenvalue weighted by molar-refractivity contribution is 5.98. The van der Waals surface area contributed by atoms with Gasteiger partial charge >= 0.3 is 5.97 Å². The van der Waals surface area contributed by atoms with Crippen molar-refractivity contribution < 1.29 is 13.9 Å². The summed E-state index contributed by atoms with van der Waals surface area (Å²) < 4.78 is 11.0. The molecule has 4 rings (SSSR count). The van der Waals surface area contributed by atoms with Gasteiger partial charge in [0.25, 0.3) is 5.89 Å². The van der Waals surface area contributed by atoms with E-state index in [1.807, 2.05) is 61.5 Å². The average Bonchev–Trinajstić information content (AvgIpc) is 3.16. The third-order valence-electron chi connectivity index (χ3n) is 4.35. The van der Waals surface area contributed by atoms with Gasteiger partial charge in [-0.05, 0) is 37.6 Å². The van der Waals surface area contributed by atoms with Gasteiger partial charge in [-0.1, -0.05) is 36.4 Å². The van der Waals surface area contributed by atoms with Crippen molar-refractivity contribution in [3.8, 4) is 11.5 Å². The van der Waals surface area contributed by atoms with E-state index in [1.165, 1.54) is 0 Å². The highest BCUT2D eigenvalue weighted by Gasteiger charge is 2.19. The van der Waals surface area contributed by atoms with Crippen molar-refractivity contribution in [1.82, 2.24) is 15.2 Å². The lowest BCUT2D eigenvalue weighted by atomic mass is 10.0. The van der Waals surface area contributed by atoms with Gasteiger partial charge in [0.2, 0.25) is 5.89 Å². The van der Waals surface area contributed by atoms with Crippen LogP contribution in [0, 0.1) is 13.8 Å². The Balaban J connectivity index is 1.54. The molecular weight excluding hydrogens is 342 g/mol. The molecule has 2 aromatic carbocycles. The minimum absolute atomic E-state index is 0.0929. The number of hydrogen-bond donors (Lipinski definition) is 0. The quantitative estimate of drug-likeness (QED) is 0.507. The zero-order valence-corrected chi connectivity index (χ0v) is 15.0. The predicted molar refractivity (Wildman–Crippen MR) is 100 cm³/mol. The molecule has 0 fully saturated rings. The molecule has 0 aliphatic carbocycles. The summed E-state index contributed by atoms with van der Waals surface area (Å²) in [5.74, 6) is 0.176. The molecule has 0 radical (unpaired) electrons. The molecule has 134 valence electrons. The van der Waals surface area contributed by atoms with Crippen LogP contribution in [0.3, 0.4) is 0 Å². The van der Waals surface area contributed by atoms with Gasteiger partial charge in [0.15, 0.2) is 6.61 Å². The number of ether oxygens (including phenoxy) is 1. The first-order valence-corrected chi connectivity index (χ1v) is 8.54. The maximum absolute atomic E-state index is 12.6. The highest BCUT2D eigenvalue weighted by atomic mass is 16.5. The molecule has 0 saturated carbocycles. The fourth-order valence-electron chi connectivity index (χ4n) is 3.04. The van der Waals surface area contributed by atoms with Crippen molar-refractivity contribution in [3.05, 3.63) is 77.3 Å². The number of rotatable bonds is 4. The summed E-state index contributed by atoms with van der Waals surface area (Å²) in [6.45, 7) is 3.61. The van der Waals surface area contributed by atoms with Crippen LogP contribution in [-0.4, -0.2) is 21.2 Å². The Morgan fingerprint density at radius 1 is 1.00 bits per heavy atom. The van der Waals surface area contributed by atoms with Crippen molar-refractivity contribution in [1.29, 1.82) is 0 Å². The lowest BCUT2D eigenvalue weighted by Crippen LogP contribution is -2.11. The molecule has 0 unspecified atom stereocenters. The molecular formula is C21H17N3O3. The highest BCUT2D eigenvalue weighted by Crippen LogP contribution is 2.24. The van der Waals surface area contributed by atoms with E-state index in [4.69, 9.17) is 9.15 Å². The summed E-state index contributed by atoms with van der Waals surface area (Å²) in [7, 11) is 0. The van der Waals surface area contributed by atoms with E-state index < -0.39 is 5.97 Å². The Morgan fingerprint density at radius 3 is 2.56 bits per heavy atom. The molecule has 0 N–H and O–H groups in total. The van der Waals surface area contributed by atoms with Crippen molar-refractivity contribution >= 4 is 16.9 Å². The smallest absolute Gasteiger partial charge is 0.340 e. The number of aromatic nitrogens is 3. The van der Waals surface area contributed by atoms with E-state index in [-0.39, 0.29) is 12.5 Å². The van der Waals surface area contributed by atoms with Crippen LogP contribution in [-0.2, 0) is 11.3 Å². The van der Waals surface area contributed by atoms with E-state index in [0.717, 1.165) is 22.0 Å². The van der Waals surface area contributed by atoms with Crippen molar-refractivity contribution in [2.45, 2.75) is 20.5 Å². The fourth-order valence-corrected chi connectivity index (χ4v) is 3.04. The normalized spacial score (nSPS) is 10.9. The summed E-state index contributed by atoms with van der Waals surface area (Å²) in [5.41, 5.74) is 3.61. The van der Waals surface area contributed by atoms with Gasteiger partial charge in [-0.25, -0.2) is 4.79 Å². The first-order chi connectivity index (χ1) is 13.1. The van der Waals surface area contributed by atoms with Gasteiger partial charge in [0.05, 0.1) is 16.8 Å². The van der Waals surface area contributed by atoms with Gasteiger partial charge in [-0.2, -0.15) is 0 Å². The number of para-hydroxylation sites is 1. The van der Waals surface area contributed by atoms with Crippen LogP contribution in [0.1, 0.15) is 27.5 Å². The van der Waals surface area contributed by atoms with Gasteiger partial charge < -0.3 is 9.15 Å². The number of nitrogens with zero attached hydrogens (tertiary/aromatic N) is 3. The van der Waals surface area contributed by atoms with E-state index in [9.17, 15) is 4.79 Å². The lowest BCUT2D eigenvalue weighted by Gasteiger charge is -2.11. The third-order valence-corrected chi connectivity index (χ3v) is 4.35. The second-order valence-corrected chi connectivity index (χ2v) is 6.16. The minimum Gasteiger partial charge on any atom is -0.452 e. The number of benzene rings is 2. The number of hydrogen-bond acceptors (Lipinski definition) is 6. The summed E-state index contributed by atoms with van der Waals surface area (Å²) in [5, 5.41) is 8.87. The van der Waals surface area contributed by atoms with Gasteiger partial charge in [-0.15, -0.1) is 10.2 Å². The zero-order chi connectivity index (χ0) is 18.8. The summed E-state index contributed by atoms with van der Waals surface area (Å²) >= 11 is 0. The molecule has 0 aliphatic heterocycles. The molecule has 0 saturated heterocycles. The number of carbonyl (C=O) groups excluding carboxylic acids is 1. The molecule has 6 heteroatoms. The molecule has 0 atom stereocenters. The second kappa shape index (κ2) is 6.99. The zero-order valence-electron chi connectivity index (χ0n) is 15.0. The standard InChI is InChI=1S/C21H17N3O3/c1-13-16-10-6-7-11-17(16)22-14(2)19(13)21(25)26-12-18-23-24-20(27-18)15-8-4-3-5-9-15/h3-11H,12H2,1-2H3. The van der Waals surface area contributed by atoms with Crippen LogP contribution in [0.5, 0.6) is 0 Å². The van der Waals surface area contributed by atoms with Crippen LogP contribution < -0.4 is 0 Å². The Hall–Kier alpha value is -3.54. The Bertz CT molecular complexity index is 1120. The van der Waals surface area contributed by atoms with Gasteiger partial charge in [-0.3, -0.25) is 4.98 Å². The summed E-state index contributed by atoms with van der Waals surface area (Å²) in [6.07, 6.45) is 0. The molecule has 6 nitrogen and oxygen atoms in total. The van der Waals surface area contributed by atoms with Crippen LogP contribution in [0.2, 0.25) is 0 Å². The second-order valence-electron chi connectivity index (χ2n) is 6.16. The minimum atomic E-state index is -0.456. The number of aryl methyl sites for hydroxylation is 2. The number of fused-ring (bicyclic) bond motifs is 1. The lowest BCUT2D eigenvalue weighted by molar-refractivity contribution is 0.0436. The SMILES string of the molecule is Cc1nc2ccccc2c(C)c1C(=O)OCc1nnc(-c2ccccc2)o1. The molecule has 2 heterocycles. The average molecular weight is 359 g/mol. The third kappa shape index (κ3) is 3.29. The molecule has 0 bridgehead atoms. The first-order valence-electron chi connectivity index (χ1n) is 8.54.